The molecule has 2 aromatic carbocycles. The van der Waals surface area contributed by atoms with Crippen molar-refractivity contribution in [3.05, 3.63) is 75.8 Å². The van der Waals surface area contributed by atoms with E-state index in [9.17, 15) is 9.59 Å². The molecule has 0 aliphatic carbocycles. The number of H-pyrrole nitrogens is 1. The molecule has 0 bridgehead atoms. The van der Waals surface area contributed by atoms with Gasteiger partial charge in [-0.15, -0.1) is 0 Å². The standard InChI is InChI=1S/C19H19N3O4/c1-13-5-4-6-14(11-13)18(23)21(2)12-17-19(24)26-20-22(17)15-7-9-16(25-3)10-8-15/h4-11H,12H2,1-3H3/p+1. The SMILES string of the molecule is COc1ccc(-[n+]2[nH]oc(=O)c2CN(C)C(=O)c2cccc(C)c2)cc1. The lowest BCUT2D eigenvalue weighted by Crippen LogP contribution is -2.42. The molecular formula is C19H20N3O4+. The third-order valence-electron chi connectivity index (χ3n) is 4.06. The molecule has 0 atom stereocenters. The molecule has 0 radical (unpaired) electrons. The van der Waals surface area contributed by atoms with Crippen LogP contribution in [0.25, 0.3) is 5.69 Å². The third-order valence-corrected chi connectivity index (χ3v) is 4.06. The summed E-state index contributed by atoms with van der Waals surface area (Å²) in [5, 5.41) is 2.57. The molecule has 7 nitrogen and oxygen atoms in total. The molecule has 0 saturated heterocycles. The van der Waals surface area contributed by atoms with E-state index in [2.05, 4.69) is 5.27 Å². The highest BCUT2D eigenvalue weighted by Gasteiger charge is 2.26. The molecule has 1 heterocycles. The number of carbonyl (C=O) groups excluding carboxylic acids is 1. The number of hydrogen-bond acceptors (Lipinski definition) is 4. The average molecular weight is 354 g/mol. The van der Waals surface area contributed by atoms with Crippen LogP contribution in [0.4, 0.5) is 0 Å². The topological polar surface area (TPSA) is 79.4 Å². The Balaban J connectivity index is 1.86. The van der Waals surface area contributed by atoms with Crippen molar-refractivity contribution in [2.45, 2.75) is 13.5 Å². The molecule has 134 valence electrons. The summed E-state index contributed by atoms with van der Waals surface area (Å²) in [6.45, 7) is 2.03. The zero-order valence-electron chi connectivity index (χ0n) is 14.9. The van der Waals surface area contributed by atoms with E-state index in [1.54, 1.807) is 44.5 Å². The van der Waals surface area contributed by atoms with Crippen molar-refractivity contribution in [1.82, 2.24) is 10.2 Å². The summed E-state index contributed by atoms with van der Waals surface area (Å²) in [5.74, 6) is 0.532. The van der Waals surface area contributed by atoms with Gasteiger partial charge in [0.05, 0.1) is 7.11 Å². The molecule has 0 aliphatic rings. The van der Waals surface area contributed by atoms with Gasteiger partial charge < -0.3 is 9.64 Å². The lowest BCUT2D eigenvalue weighted by molar-refractivity contribution is -0.678. The van der Waals surface area contributed by atoms with Crippen LogP contribution >= 0.6 is 0 Å². The molecule has 0 unspecified atom stereocenters. The number of ether oxygens (including phenoxy) is 1. The molecular weight excluding hydrogens is 334 g/mol. The van der Waals surface area contributed by atoms with Gasteiger partial charge in [-0.05, 0) is 41.1 Å². The van der Waals surface area contributed by atoms with E-state index < -0.39 is 5.63 Å². The van der Waals surface area contributed by atoms with Gasteiger partial charge in [0, 0.05) is 24.7 Å². The van der Waals surface area contributed by atoms with Gasteiger partial charge in [-0.1, -0.05) is 17.7 Å². The van der Waals surface area contributed by atoms with Gasteiger partial charge >= 0.3 is 11.3 Å². The van der Waals surface area contributed by atoms with Crippen LogP contribution in [0.15, 0.2) is 57.8 Å². The number of carbonyl (C=O) groups is 1. The number of aromatic nitrogens is 2. The molecule has 0 saturated carbocycles. The Morgan fingerprint density at radius 3 is 2.62 bits per heavy atom. The van der Waals surface area contributed by atoms with E-state index in [-0.39, 0.29) is 12.5 Å². The van der Waals surface area contributed by atoms with Gasteiger partial charge in [0.15, 0.2) is 0 Å². The van der Waals surface area contributed by atoms with Crippen molar-refractivity contribution in [3.8, 4) is 11.4 Å². The fraction of sp³-hybridized carbons (Fsp3) is 0.211. The maximum absolute atomic E-state index is 12.6. The molecule has 3 rings (SSSR count). The highest BCUT2D eigenvalue weighted by molar-refractivity contribution is 5.94. The largest absolute Gasteiger partial charge is 0.497 e. The first-order valence-electron chi connectivity index (χ1n) is 8.08. The fourth-order valence-electron chi connectivity index (χ4n) is 2.66. The van der Waals surface area contributed by atoms with Crippen molar-refractivity contribution in [3.63, 3.8) is 0 Å². The summed E-state index contributed by atoms with van der Waals surface area (Å²) in [6.07, 6.45) is 0. The van der Waals surface area contributed by atoms with E-state index in [1.165, 1.54) is 9.58 Å². The highest BCUT2D eigenvalue weighted by Crippen LogP contribution is 2.12. The molecule has 26 heavy (non-hydrogen) atoms. The van der Waals surface area contributed by atoms with Crippen LogP contribution in [0.1, 0.15) is 21.6 Å². The molecule has 7 heteroatoms. The minimum Gasteiger partial charge on any atom is -0.497 e. The monoisotopic (exact) mass is 354 g/mol. The van der Waals surface area contributed by atoms with Crippen molar-refractivity contribution in [2.24, 2.45) is 0 Å². The van der Waals surface area contributed by atoms with Crippen molar-refractivity contribution in [2.75, 3.05) is 14.2 Å². The van der Waals surface area contributed by atoms with Crippen LogP contribution in [-0.2, 0) is 6.54 Å². The zero-order valence-corrected chi connectivity index (χ0v) is 14.9. The number of aromatic amines is 1. The molecule has 1 aromatic heterocycles. The van der Waals surface area contributed by atoms with Gasteiger partial charge in [-0.3, -0.25) is 9.32 Å². The van der Waals surface area contributed by atoms with Gasteiger partial charge in [0.2, 0.25) is 5.69 Å². The quantitative estimate of drug-likeness (QED) is 0.709. The predicted octanol–water partition coefficient (Wildman–Crippen LogP) is 1.83. The highest BCUT2D eigenvalue weighted by atomic mass is 16.5. The van der Waals surface area contributed by atoms with Gasteiger partial charge in [0.25, 0.3) is 5.91 Å². The van der Waals surface area contributed by atoms with Crippen LogP contribution in [0.3, 0.4) is 0 Å². The van der Waals surface area contributed by atoms with E-state index in [4.69, 9.17) is 9.26 Å². The van der Waals surface area contributed by atoms with E-state index >= 15 is 0 Å². The molecule has 0 spiro atoms. The Kier molecular flexibility index (Phi) is 4.88. The normalized spacial score (nSPS) is 10.6. The summed E-state index contributed by atoms with van der Waals surface area (Å²) in [6, 6.07) is 14.5. The Morgan fingerprint density at radius 1 is 1.23 bits per heavy atom. The minimum atomic E-state index is -0.523. The summed E-state index contributed by atoms with van der Waals surface area (Å²) in [7, 11) is 3.23. The first-order chi connectivity index (χ1) is 12.5. The fourth-order valence-corrected chi connectivity index (χ4v) is 2.66. The van der Waals surface area contributed by atoms with Crippen LogP contribution in [-0.4, -0.2) is 30.2 Å². The predicted molar refractivity (Wildman–Crippen MR) is 94.4 cm³/mol. The van der Waals surface area contributed by atoms with E-state index in [1.807, 2.05) is 25.1 Å². The average Bonchev–Trinajstić information content (AvgIpc) is 3.01. The second-order valence-corrected chi connectivity index (χ2v) is 5.99. The smallest absolute Gasteiger partial charge is 0.432 e. The van der Waals surface area contributed by atoms with Crippen LogP contribution in [0.5, 0.6) is 5.75 Å². The summed E-state index contributed by atoms with van der Waals surface area (Å²) in [4.78, 5) is 26.2. The Hall–Kier alpha value is -3.35. The summed E-state index contributed by atoms with van der Waals surface area (Å²) >= 11 is 0. The van der Waals surface area contributed by atoms with Crippen molar-refractivity contribution >= 4 is 5.91 Å². The van der Waals surface area contributed by atoms with Gasteiger partial charge in [-0.25, -0.2) is 4.79 Å². The van der Waals surface area contributed by atoms with Gasteiger partial charge in [0.1, 0.15) is 12.3 Å². The molecule has 1 amide bonds. The number of nitrogens with one attached hydrogen (secondary N) is 1. The molecule has 0 aliphatic heterocycles. The first-order valence-corrected chi connectivity index (χ1v) is 8.08. The lowest BCUT2D eigenvalue weighted by Gasteiger charge is -2.14. The number of benzene rings is 2. The zero-order chi connectivity index (χ0) is 18.7. The Labute approximate surface area is 150 Å². The Morgan fingerprint density at radius 2 is 1.96 bits per heavy atom. The lowest BCUT2D eigenvalue weighted by atomic mass is 10.1. The molecule has 0 fully saturated rings. The number of methoxy groups -OCH3 is 1. The second-order valence-electron chi connectivity index (χ2n) is 5.99. The maximum Gasteiger partial charge on any atom is 0.432 e. The number of hydrogen-bond donors (Lipinski definition) is 1. The first kappa shape index (κ1) is 17.5. The number of amides is 1. The number of aryl methyl sites for hydroxylation is 1. The van der Waals surface area contributed by atoms with Crippen molar-refractivity contribution < 1.29 is 18.7 Å². The second kappa shape index (κ2) is 7.26. The summed E-state index contributed by atoms with van der Waals surface area (Å²) < 4.78 is 11.6. The van der Waals surface area contributed by atoms with Crippen LogP contribution in [0.2, 0.25) is 0 Å². The van der Waals surface area contributed by atoms with Crippen molar-refractivity contribution in [1.29, 1.82) is 0 Å². The third kappa shape index (κ3) is 3.51. The Bertz CT molecular complexity index is 973. The van der Waals surface area contributed by atoms with E-state index in [0.29, 0.717) is 22.7 Å². The van der Waals surface area contributed by atoms with Crippen LogP contribution in [0, 0.1) is 6.92 Å². The van der Waals surface area contributed by atoms with Crippen LogP contribution < -0.4 is 15.0 Å². The number of nitrogens with zero attached hydrogens (tertiary/aromatic N) is 2. The van der Waals surface area contributed by atoms with E-state index in [0.717, 1.165) is 5.56 Å². The number of rotatable bonds is 5. The maximum atomic E-state index is 12.6. The molecule has 3 aromatic rings. The minimum absolute atomic E-state index is 0.102. The summed E-state index contributed by atoms with van der Waals surface area (Å²) in [5.41, 5.74) is 2.06. The van der Waals surface area contributed by atoms with Gasteiger partial charge in [-0.2, -0.15) is 0 Å². The molecule has 1 N–H and O–H groups in total.